The lowest BCUT2D eigenvalue weighted by atomic mass is 9.93. The molecule has 3 aromatic rings. The van der Waals surface area contributed by atoms with Crippen LogP contribution in [0, 0.1) is 0 Å². The second kappa shape index (κ2) is 7.89. The SMILES string of the molecule is NC(=O)C(Sc1ccc(Cl)cc1)(c1ccc(Cl)cc1)c1ccc(Cl)cn1. The molecule has 1 aromatic heterocycles. The number of aromatic nitrogens is 1. The summed E-state index contributed by atoms with van der Waals surface area (Å²) in [6.45, 7) is 0. The molecular formula is C19H13Cl3N2OS. The number of pyridine rings is 1. The minimum absolute atomic E-state index is 0.472. The number of nitrogens with zero attached hydrogens (tertiary/aromatic N) is 1. The van der Waals surface area contributed by atoms with Gasteiger partial charge < -0.3 is 5.73 Å². The summed E-state index contributed by atoms with van der Waals surface area (Å²) in [5, 5.41) is 1.64. The quantitative estimate of drug-likeness (QED) is 0.546. The first-order chi connectivity index (χ1) is 12.4. The summed E-state index contributed by atoms with van der Waals surface area (Å²) < 4.78 is -1.25. The van der Waals surface area contributed by atoms with Crippen molar-refractivity contribution < 1.29 is 4.79 Å². The smallest absolute Gasteiger partial charge is 0.244 e. The second-order valence-corrected chi connectivity index (χ2v) is 8.07. The lowest BCUT2D eigenvalue weighted by Gasteiger charge is -2.30. The third-order valence-corrected chi connectivity index (χ3v) is 5.96. The van der Waals surface area contributed by atoms with Crippen LogP contribution in [0.2, 0.25) is 15.1 Å². The molecule has 3 nitrogen and oxygen atoms in total. The van der Waals surface area contributed by atoms with E-state index in [0.717, 1.165) is 4.90 Å². The van der Waals surface area contributed by atoms with Crippen molar-refractivity contribution in [2.24, 2.45) is 5.73 Å². The molecule has 0 saturated carbocycles. The standard InChI is InChI=1S/C19H13Cl3N2OS/c20-13-3-1-12(2-4-13)19(18(23)25,17-10-7-15(22)11-24-17)26-16-8-5-14(21)6-9-16/h1-11H,(H2,23,25). The summed E-state index contributed by atoms with van der Waals surface area (Å²) in [7, 11) is 0. The van der Waals surface area contributed by atoms with Crippen molar-refractivity contribution in [2.45, 2.75) is 9.64 Å². The fraction of sp³-hybridized carbons (Fsp3) is 0.0526. The highest BCUT2D eigenvalue weighted by atomic mass is 35.5. The van der Waals surface area contributed by atoms with Gasteiger partial charge in [0.05, 0.1) is 10.7 Å². The van der Waals surface area contributed by atoms with Crippen molar-refractivity contribution >= 4 is 52.5 Å². The van der Waals surface area contributed by atoms with E-state index in [1.54, 1.807) is 48.5 Å². The van der Waals surface area contributed by atoms with Crippen LogP contribution in [-0.4, -0.2) is 10.9 Å². The normalized spacial score (nSPS) is 13.2. The van der Waals surface area contributed by atoms with Gasteiger partial charge in [-0.3, -0.25) is 9.78 Å². The topological polar surface area (TPSA) is 56.0 Å². The maximum atomic E-state index is 12.7. The van der Waals surface area contributed by atoms with E-state index < -0.39 is 10.7 Å². The molecule has 1 atom stereocenters. The fourth-order valence-corrected chi connectivity index (χ4v) is 4.10. The summed E-state index contributed by atoms with van der Waals surface area (Å²) >= 11 is 19.2. The van der Waals surface area contributed by atoms with Crippen LogP contribution < -0.4 is 5.73 Å². The average Bonchev–Trinajstić information content (AvgIpc) is 2.63. The fourth-order valence-electron chi connectivity index (χ4n) is 2.53. The van der Waals surface area contributed by atoms with Crippen molar-refractivity contribution in [1.82, 2.24) is 4.98 Å². The summed E-state index contributed by atoms with van der Waals surface area (Å²) in [5.41, 5.74) is 7.05. The monoisotopic (exact) mass is 422 g/mol. The van der Waals surface area contributed by atoms with E-state index in [1.807, 2.05) is 12.1 Å². The van der Waals surface area contributed by atoms with Gasteiger partial charge in [-0.25, -0.2) is 0 Å². The van der Waals surface area contributed by atoms with E-state index in [4.69, 9.17) is 40.5 Å². The van der Waals surface area contributed by atoms with E-state index >= 15 is 0 Å². The number of amides is 1. The Morgan fingerprint density at radius 3 is 1.88 bits per heavy atom. The maximum Gasteiger partial charge on any atom is 0.244 e. The van der Waals surface area contributed by atoms with Gasteiger partial charge in [0, 0.05) is 21.1 Å². The zero-order valence-electron chi connectivity index (χ0n) is 13.3. The van der Waals surface area contributed by atoms with Crippen molar-refractivity contribution in [2.75, 3.05) is 0 Å². The molecule has 0 aliphatic carbocycles. The molecular weight excluding hydrogens is 411 g/mol. The molecule has 1 unspecified atom stereocenters. The van der Waals surface area contributed by atoms with Crippen LogP contribution in [0.4, 0.5) is 0 Å². The van der Waals surface area contributed by atoms with Gasteiger partial charge in [-0.2, -0.15) is 0 Å². The number of carbonyl (C=O) groups excluding carboxylic acids is 1. The predicted octanol–water partition coefficient (Wildman–Crippen LogP) is 5.56. The van der Waals surface area contributed by atoms with Crippen molar-refractivity contribution in [3.63, 3.8) is 0 Å². The van der Waals surface area contributed by atoms with Crippen LogP contribution in [0.3, 0.4) is 0 Å². The largest absolute Gasteiger partial charge is 0.368 e. The molecule has 0 radical (unpaired) electrons. The molecule has 0 aliphatic heterocycles. The van der Waals surface area contributed by atoms with Crippen LogP contribution >= 0.6 is 46.6 Å². The molecule has 0 saturated heterocycles. The zero-order chi connectivity index (χ0) is 18.7. The zero-order valence-corrected chi connectivity index (χ0v) is 16.4. The number of hydrogen-bond acceptors (Lipinski definition) is 3. The Balaban J connectivity index is 2.20. The Bertz CT molecular complexity index is 868. The highest BCUT2D eigenvalue weighted by Gasteiger charge is 2.43. The Hall–Kier alpha value is -1.72. The molecule has 0 aliphatic rings. The first kappa shape index (κ1) is 19.1. The number of thioether (sulfide) groups is 1. The maximum absolute atomic E-state index is 12.7. The highest BCUT2D eigenvalue weighted by molar-refractivity contribution is 8.01. The summed E-state index contributed by atoms with van der Waals surface area (Å²) in [6.07, 6.45) is 1.49. The van der Waals surface area contributed by atoms with Gasteiger partial charge >= 0.3 is 0 Å². The second-order valence-electron chi connectivity index (χ2n) is 5.47. The van der Waals surface area contributed by atoms with E-state index in [9.17, 15) is 4.79 Å². The predicted molar refractivity (Wildman–Crippen MR) is 108 cm³/mol. The van der Waals surface area contributed by atoms with Gasteiger partial charge in [-0.05, 0) is 54.1 Å². The van der Waals surface area contributed by atoms with E-state index in [0.29, 0.717) is 26.3 Å². The number of nitrogens with two attached hydrogens (primary N) is 1. The number of benzene rings is 2. The Morgan fingerprint density at radius 1 is 0.846 bits per heavy atom. The first-order valence-electron chi connectivity index (χ1n) is 7.54. The first-order valence-corrected chi connectivity index (χ1v) is 9.49. The molecule has 2 aromatic carbocycles. The third kappa shape index (κ3) is 3.84. The van der Waals surface area contributed by atoms with Crippen LogP contribution in [0.15, 0.2) is 71.8 Å². The van der Waals surface area contributed by atoms with E-state index in [2.05, 4.69) is 4.98 Å². The summed E-state index contributed by atoms with van der Waals surface area (Å²) in [5.74, 6) is -0.547. The summed E-state index contributed by atoms with van der Waals surface area (Å²) in [4.78, 5) is 17.9. The molecule has 0 fully saturated rings. The Kier molecular flexibility index (Phi) is 5.78. The molecule has 26 heavy (non-hydrogen) atoms. The molecule has 1 heterocycles. The molecule has 1 amide bonds. The molecule has 0 bridgehead atoms. The molecule has 3 rings (SSSR count). The Labute approximate surface area is 170 Å². The molecule has 132 valence electrons. The van der Waals surface area contributed by atoms with E-state index in [1.165, 1.54) is 18.0 Å². The van der Waals surface area contributed by atoms with Gasteiger partial charge in [-0.15, -0.1) is 0 Å². The third-order valence-electron chi connectivity index (χ3n) is 3.77. The van der Waals surface area contributed by atoms with Crippen LogP contribution in [-0.2, 0) is 9.54 Å². The summed E-state index contributed by atoms with van der Waals surface area (Å²) in [6, 6.07) is 17.5. The van der Waals surface area contributed by atoms with Crippen LogP contribution in [0.5, 0.6) is 0 Å². The van der Waals surface area contributed by atoms with Gasteiger partial charge in [-0.1, -0.05) is 58.7 Å². The minimum atomic E-state index is -1.25. The van der Waals surface area contributed by atoms with Crippen molar-refractivity contribution in [3.8, 4) is 0 Å². The van der Waals surface area contributed by atoms with Crippen molar-refractivity contribution in [1.29, 1.82) is 0 Å². The lowest BCUT2D eigenvalue weighted by molar-refractivity contribution is -0.119. The van der Waals surface area contributed by atoms with Crippen LogP contribution in [0.1, 0.15) is 11.3 Å². The van der Waals surface area contributed by atoms with Crippen LogP contribution in [0.25, 0.3) is 0 Å². The molecule has 0 spiro atoms. The van der Waals surface area contributed by atoms with E-state index in [-0.39, 0.29) is 0 Å². The minimum Gasteiger partial charge on any atom is -0.368 e. The Morgan fingerprint density at radius 2 is 1.38 bits per heavy atom. The van der Waals surface area contributed by atoms with Gasteiger partial charge in [0.2, 0.25) is 5.91 Å². The van der Waals surface area contributed by atoms with Crippen molar-refractivity contribution in [3.05, 3.63) is 93.2 Å². The number of halogens is 3. The average molecular weight is 424 g/mol. The number of primary amides is 1. The lowest BCUT2D eigenvalue weighted by Crippen LogP contribution is -2.40. The molecule has 7 heteroatoms. The molecule has 2 N–H and O–H groups in total. The van der Waals surface area contributed by atoms with Gasteiger partial charge in [0.1, 0.15) is 0 Å². The van der Waals surface area contributed by atoms with Gasteiger partial charge in [0.25, 0.3) is 0 Å². The number of hydrogen-bond donors (Lipinski definition) is 1. The number of carbonyl (C=O) groups is 1. The van der Waals surface area contributed by atoms with Gasteiger partial charge in [0.15, 0.2) is 4.75 Å². The number of rotatable bonds is 5. The highest BCUT2D eigenvalue weighted by Crippen LogP contribution is 2.46.